The summed E-state index contributed by atoms with van der Waals surface area (Å²) in [6, 6.07) is 5.94. The molecule has 1 aliphatic rings. The molecule has 3 rings (SSSR count). The number of aromatic nitrogens is 2. The van der Waals surface area contributed by atoms with E-state index in [4.69, 9.17) is 9.97 Å². The van der Waals surface area contributed by atoms with Gasteiger partial charge < -0.3 is 9.80 Å². The first-order chi connectivity index (χ1) is 12.6. The fourth-order valence-electron chi connectivity index (χ4n) is 3.01. The third-order valence-corrected chi connectivity index (χ3v) is 5.63. The smallest absolute Gasteiger partial charge is 0.264 e. The van der Waals surface area contributed by atoms with Gasteiger partial charge in [0, 0.05) is 43.1 Å². The van der Waals surface area contributed by atoms with Gasteiger partial charge in [-0.25, -0.2) is 9.97 Å². The van der Waals surface area contributed by atoms with Crippen LogP contribution >= 0.6 is 11.3 Å². The van der Waals surface area contributed by atoms with E-state index in [1.54, 1.807) is 0 Å². The van der Waals surface area contributed by atoms with E-state index in [9.17, 15) is 4.79 Å². The van der Waals surface area contributed by atoms with Crippen LogP contribution in [0.25, 0.3) is 0 Å². The highest BCUT2D eigenvalue weighted by Crippen LogP contribution is 2.28. The van der Waals surface area contributed by atoms with E-state index in [1.165, 1.54) is 11.3 Å². The average Bonchev–Trinajstić information content (AvgIpc) is 3.14. The maximum atomic E-state index is 12.6. The van der Waals surface area contributed by atoms with Gasteiger partial charge in [-0.1, -0.05) is 47.6 Å². The van der Waals surface area contributed by atoms with Crippen LogP contribution in [0.5, 0.6) is 0 Å². The van der Waals surface area contributed by atoms with Crippen LogP contribution in [-0.4, -0.2) is 47.0 Å². The van der Waals surface area contributed by atoms with Crippen LogP contribution in [0.2, 0.25) is 0 Å². The fourth-order valence-corrected chi connectivity index (χ4v) is 3.70. The molecule has 1 aliphatic heterocycles. The zero-order chi connectivity index (χ0) is 19.8. The molecule has 1 fully saturated rings. The van der Waals surface area contributed by atoms with Gasteiger partial charge >= 0.3 is 0 Å². The molecular formula is C21H30N4OS. The molecule has 1 saturated heterocycles. The van der Waals surface area contributed by atoms with Crippen molar-refractivity contribution in [3.05, 3.63) is 40.0 Å². The summed E-state index contributed by atoms with van der Waals surface area (Å²) in [4.78, 5) is 27.3. The van der Waals surface area contributed by atoms with Gasteiger partial charge in [0.2, 0.25) is 0 Å². The number of anilines is 1. The summed E-state index contributed by atoms with van der Waals surface area (Å²) in [6.07, 6.45) is 0. The van der Waals surface area contributed by atoms with Gasteiger partial charge in [-0.2, -0.15) is 0 Å². The minimum atomic E-state index is -0.104. The van der Waals surface area contributed by atoms with Crippen LogP contribution in [-0.2, 0) is 10.8 Å². The summed E-state index contributed by atoms with van der Waals surface area (Å²) in [7, 11) is 0. The number of hydrogen-bond acceptors (Lipinski definition) is 5. The van der Waals surface area contributed by atoms with Crippen LogP contribution in [0, 0.1) is 0 Å². The molecule has 0 spiro atoms. The molecule has 146 valence electrons. The number of rotatable bonds is 2. The number of piperazine rings is 1. The predicted octanol–water partition coefficient (Wildman–Crippen LogP) is 4.10. The van der Waals surface area contributed by atoms with E-state index < -0.39 is 0 Å². The second-order valence-electron chi connectivity index (χ2n) is 9.19. The van der Waals surface area contributed by atoms with E-state index in [-0.39, 0.29) is 16.7 Å². The van der Waals surface area contributed by atoms with E-state index in [0.717, 1.165) is 48.4 Å². The number of thiophene rings is 1. The second-order valence-corrected chi connectivity index (χ2v) is 10.1. The Morgan fingerprint density at radius 1 is 1.00 bits per heavy atom. The maximum absolute atomic E-state index is 12.6. The van der Waals surface area contributed by atoms with Crippen molar-refractivity contribution in [2.45, 2.75) is 52.4 Å². The predicted molar refractivity (Wildman–Crippen MR) is 112 cm³/mol. The zero-order valence-corrected chi connectivity index (χ0v) is 18.1. The Morgan fingerprint density at radius 2 is 1.67 bits per heavy atom. The quantitative estimate of drug-likeness (QED) is 0.780. The van der Waals surface area contributed by atoms with Crippen molar-refractivity contribution < 1.29 is 4.79 Å². The fraction of sp³-hybridized carbons (Fsp3) is 0.571. The molecule has 0 saturated carbocycles. The normalized spacial score (nSPS) is 15.9. The molecule has 3 heterocycles. The molecule has 0 bridgehead atoms. The van der Waals surface area contributed by atoms with E-state index >= 15 is 0 Å². The number of amides is 1. The molecule has 0 unspecified atom stereocenters. The van der Waals surface area contributed by atoms with Gasteiger partial charge in [0.05, 0.1) is 10.6 Å². The third-order valence-electron chi connectivity index (χ3n) is 4.77. The van der Waals surface area contributed by atoms with Crippen molar-refractivity contribution in [3.63, 3.8) is 0 Å². The Kier molecular flexibility index (Phi) is 5.30. The lowest BCUT2D eigenvalue weighted by Gasteiger charge is -2.36. The molecule has 0 aliphatic carbocycles. The average molecular weight is 387 g/mol. The Hall–Kier alpha value is -1.95. The highest BCUT2D eigenvalue weighted by molar-refractivity contribution is 7.12. The molecule has 2 aromatic heterocycles. The number of carbonyl (C=O) groups excluding carboxylic acids is 1. The van der Waals surface area contributed by atoms with Gasteiger partial charge in [-0.15, -0.1) is 11.3 Å². The minimum Gasteiger partial charge on any atom is -0.353 e. The van der Waals surface area contributed by atoms with Crippen molar-refractivity contribution in [3.8, 4) is 0 Å². The molecule has 0 radical (unpaired) electrons. The monoisotopic (exact) mass is 386 g/mol. The van der Waals surface area contributed by atoms with Crippen molar-refractivity contribution >= 4 is 23.1 Å². The van der Waals surface area contributed by atoms with Gasteiger partial charge in [0.1, 0.15) is 11.6 Å². The summed E-state index contributed by atoms with van der Waals surface area (Å²) >= 11 is 1.51. The minimum absolute atomic E-state index is 0.0331. The topological polar surface area (TPSA) is 49.3 Å². The molecule has 0 atom stereocenters. The lowest BCUT2D eigenvalue weighted by atomic mass is 9.90. The largest absolute Gasteiger partial charge is 0.353 e. The molecule has 0 N–H and O–H groups in total. The third kappa shape index (κ3) is 4.49. The van der Waals surface area contributed by atoms with Crippen LogP contribution < -0.4 is 4.90 Å². The lowest BCUT2D eigenvalue weighted by Crippen LogP contribution is -2.49. The van der Waals surface area contributed by atoms with Crippen LogP contribution in [0.3, 0.4) is 0 Å². The first kappa shape index (κ1) is 19.8. The molecular weight excluding hydrogens is 356 g/mol. The van der Waals surface area contributed by atoms with Crippen molar-refractivity contribution in [1.82, 2.24) is 14.9 Å². The summed E-state index contributed by atoms with van der Waals surface area (Å²) in [5.74, 6) is 1.99. The van der Waals surface area contributed by atoms with Gasteiger partial charge in [0.15, 0.2) is 0 Å². The number of nitrogens with zero attached hydrogens (tertiary/aromatic N) is 4. The summed E-state index contributed by atoms with van der Waals surface area (Å²) in [6.45, 7) is 16.0. The van der Waals surface area contributed by atoms with Crippen LogP contribution in [0.15, 0.2) is 23.6 Å². The Balaban J connectivity index is 1.80. The molecule has 1 amide bonds. The number of carbonyl (C=O) groups is 1. The molecule has 5 nitrogen and oxygen atoms in total. The van der Waals surface area contributed by atoms with Crippen molar-refractivity contribution in [1.29, 1.82) is 0 Å². The highest BCUT2D eigenvalue weighted by atomic mass is 32.1. The first-order valence-corrected chi connectivity index (χ1v) is 10.4. The van der Waals surface area contributed by atoms with Crippen molar-refractivity contribution in [2.75, 3.05) is 31.1 Å². The van der Waals surface area contributed by atoms with E-state index in [0.29, 0.717) is 0 Å². The standard InChI is InChI=1S/C21H30N4OS/c1-20(2,3)16-14-17(23-19(22-16)21(4,5)6)24-9-11-25(12-10-24)18(26)15-8-7-13-27-15/h7-8,13-14H,9-12H2,1-6H3. The molecule has 2 aromatic rings. The Labute approximate surface area is 166 Å². The molecule has 0 aromatic carbocycles. The summed E-state index contributed by atoms with van der Waals surface area (Å²) in [5.41, 5.74) is 0.927. The van der Waals surface area contributed by atoms with Gasteiger partial charge in [-0.3, -0.25) is 4.79 Å². The van der Waals surface area contributed by atoms with E-state index in [1.807, 2.05) is 22.4 Å². The zero-order valence-electron chi connectivity index (χ0n) is 17.2. The maximum Gasteiger partial charge on any atom is 0.264 e. The van der Waals surface area contributed by atoms with Crippen molar-refractivity contribution in [2.24, 2.45) is 0 Å². The second kappa shape index (κ2) is 7.23. The Morgan fingerprint density at radius 3 is 2.19 bits per heavy atom. The van der Waals surface area contributed by atoms with Crippen LogP contribution in [0.4, 0.5) is 5.82 Å². The lowest BCUT2D eigenvalue weighted by molar-refractivity contribution is 0.0751. The van der Waals surface area contributed by atoms with Crippen LogP contribution in [0.1, 0.15) is 62.7 Å². The van der Waals surface area contributed by atoms with Gasteiger partial charge in [0.25, 0.3) is 5.91 Å². The first-order valence-electron chi connectivity index (χ1n) is 9.53. The van der Waals surface area contributed by atoms with Gasteiger partial charge in [-0.05, 0) is 11.4 Å². The number of hydrogen-bond donors (Lipinski definition) is 0. The molecule has 27 heavy (non-hydrogen) atoms. The summed E-state index contributed by atoms with van der Waals surface area (Å²) in [5, 5.41) is 1.95. The van der Waals surface area contributed by atoms with E-state index in [2.05, 4.69) is 52.5 Å². The highest BCUT2D eigenvalue weighted by Gasteiger charge is 2.27. The molecule has 6 heteroatoms. The Bertz CT molecular complexity index is 762. The SMILES string of the molecule is CC(C)(C)c1cc(N2CCN(C(=O)c3cccs3)CC2)nc(C(C)(C)C)n1. The summed E-state index contributed by atoms with van der Waals surface area (Å²) < 4.78 is 0.